The zero-order valence-electron chi connectivity index (χ0n) is 11.5. The third-order valence-corrected chi connectivity index (χ3v) is 2.15. The Kier molecular flexibility index (Phi) is 6.89. The number of primary amides is 1. The summed E-state index contributed by atoms with van der Waals surface area (Å²) >= 11 is 0. The number of amides is 1. The molecule has 0 heterocycles. The highest BCUT2D eigenvalue weighted by Crippen LogP contribution is 2.22. The monoisotopic (exact) mass is 261 g/mol. The van der Waals surface area contributed by atoms with Gasteiger partial charge in [0.15, 0.2) is 0 Å². The van der Waals surface area contributed by atoms with Gasteiger partial charge in [-0.05, 0) is 38.0 Å². The molecule has 0 spiro atoms. The Morgan fingerprint density at radius 2 is 1.68 bits per heavy atom. The summed E-state index contributed by atoms with van der Waals surface area (Å²) < 4.78 is 5.20. The molecule has 1 amide bonds. The van der Waals surface area contributed by atoms with Crippen LogP contribution in [0.2, 0.25) is 0 Å². The van der Waals surface area contributed by atoms with Gasteiger partial charge in [0.05, 0.1) is 0 Å². The lowest BCUT2D eigenvalue weighted by molar-refractivity contribution is -0.130. The molecule has 1 aromatic carbocycles. The van der Waals surface area contributed by atoms with E-state index >= 15 is 0 Å². The molecule has 0 aliphatic carbocycles. The van der Waals surface area contributed by atoms with Crippen molar-refractivity contribution in [2.24, 2.45) is 5.73 Å². The van der Waals surface area contributed by atoms with Crippen LogP contribution in [-0.2, 0) is 9.59 Å². The van der Waals surface area contributed by atoms with E-state index in [9.17, 15) is 9.59 Å². The van der Waals surface area contributed by atoms with Crippen molar-refractivity contribution < 1.29 is 14.3 Å². The molecule has 1 aromatic rings. The Labute approximate surface area is 113 Å². The molecule has 2 N–H and O–H groups in total. The maximum absolute atomic E-state index is 11.3. The molecule has 1 rings (SSSR count). The van der Waals surface area contributed by atoms with E-state index in [0.29, 0.717) is 11.3 Å². The van der Waals surface area contributed by atoms with Crippen LogP contribution in [0.3, 0.4) is 0 Å². The second-order valence-electron chi connectivity index (χ2n) is 4.00. The lowest BCUT2D eigenvalue weighted by atomic mass is 10.1. The quantitative estimate of drug-likeness (QED) is 0.516. The number of carbonyl (C=O) groups excluding carboxylic acids is 2. The fraction of sp³-hybridized carbons (Fsp3) is 0.200. The van der Waals surface area contributed by atoms with Gasteiger partial charge in [-0.2, -0.15) is 0 Å². The molecule has 0 unspecified atom stereocenters. The van der Waals surface area contributed by atoms with Gasteiger partial charge in [-0.3, -0.25) is 4.79 Å². The van der Waals surface area contributed by atoms with Gasteiger partial charge in [-0.25, -0.2) is 4.79 Å². The summed E-state index contributed by atoms with van der Waals surface area (Å²) in [5, 5.41) is 0. The molecular weight excluding hydrogens is 242 g/mol. The van der Waals surface area contributed by atoms with E-state index in [0.717, 1.165) is 17.2 Å². The maximum Gasteiger partial charge on any atom is 0.338 e. The van der Waals surface area contributed by atoms with Crippen LogP contribution in [-0.4, -0.2) is 11.9 Å². The van der Waals surface area contributed by atoms with E-state index in [1.54, 1.807) is 6.92 Å². The number of hydrogen-bond donors (Lipinski definition) is 1. The molecule has 102 valence electrons. The third-order valence-electron chi connectivity index (χ3n) is 2.15. The molecule has 0 aliphatic rings. The SMILES string of the molecule is C=C(C)C(=O)Oc1c(C)cccc1C.C=CC(N)=O. The Morgan fingerprint density at radius 3 is 2.00 bits per heavy atom. The van der Waals surface area contributed by atoms with Crippen LogP contribution >= 0.6 is 0 Å². The first kappa shape index (κ1) is 16.6. The van der Waals surface area contributed by atoms with Crippen molar-refractivity contribution >= 4 is 11.9 Å². The molecule has 0 fully saturated rings. The van der Waals surface area contributed by atoms with E-state index in [1.807, 2.05) is 32.0 Å². The molecule has 0 aromatic heterocycles. The first-order valence-electron chi connectivity index (χ1n) is 5.65. The third kappa shape index (κ3) is 6.21. The molecule has 0 radical (unpaired) electrons. The average Bonchev–Trinajstić information content (AvgIpc) is 2.34. The highest BCUT2D eigenvalue weighted by molar-refractivity contribution is 5.89. The van der Waals surface area contributed by atoms with Crippen molar-refractivity contribution in [2.45, 2.75) is 20.8 Å². The molecule has 0 atom stereocenters. The second kappa shape index (κ2) is 7.87. The minimum atomic E-state index is -0.481. The van der Waals surface area contributed by atoms with E-state index in [-0.39, 0.29) is 5.97 Å². The summed E-state index contributed by atoms with van der Waals surface area (Å²) in [5.74, 6) is -0.215. The number of rotatable bonds is 3. The van der Waals surface area contributed by atoms with Gasteiger partial charge in [0.25, 0.3) is 0 Å². The Bertz CT molecular complexity index is 484. The fourth-order valence-electron chi connectivity index (χ4n) is 1.14. The summed E-state index contributed by atoms with van der Waals surface area (Å²) in [6, 6.07) is 5.75. The van der Waals surface area contributed by atoms with Gasteiger partial charge in [0, 0.05) is 5.57 Å². The summed E-state index contributed by atoms with van der Waals surface area (Å²) in [7, 11) is 0. The van der Waals surface area contributed by atoms with Crippen LogP contribution < -0.4 is 10.5 Å². The summed E-state index contributed by atoms with van der Waals surface area (Å²) in [4.78, 5) is 20.8. The smallest absolute Gasteiger partial charge is 0.338 e. The summed E-state index contributed by atoms with van der Waals surface area (Å²) in [5.41, 5.74) is 6.86. The van der Waals surface area contributed by atoms with Crippen LogP contribution in [0.25, 0.3) is 0 Å². The molecule has 19 heavy (non-hydrogen) atoms. The van der Waals surface area contributed by atoms with Gasteiger partial charge < -0.3 is 10.5 Å². The first-order chi connectivity index (χ1) is 8.79. The van der Waals surface area contributed by atoms with Crippen molar-refractivity contribution in [3.8, 4) is 5.75 Å². The number of aryl methyl sites for hydroxylation is 2. The molecule has 0 bridgehead atoms. The van der Waals surface area contributed by atoms with Crippen LogP contribution in [0.15, 0.2) is 43.0 Å². The number of para-hydroxylation sites is 1. The lowest BCUT2D eigenvalue weighted by Crippen LogP contribution is -2.09. The highest BCUT2D eigenvalue weighted by Gasteiger charge is 2.09. The zero-order valence-corrected chi connectivity index (χ0v) is 11.5. The number of ether oxygens (including phenoxy) is 1. The minimum absolute atomic E-state index is 0.373. The summed E-state index contributed by atoms with van der Waals surface area (Å²) in [6.45, 7) is 12.1. The Morgan fingerprint density at radius 1 is 1.26 bits per heavy atom. The zero-order chi connectivity index (χ0) is 15.0. The first-order valence-corrected chi connectivity index (χ1v) is 5.65. The largest absolute Gasteiger partial charge is 0.423 e. The Balaban J connectivity index is 0.000000555. The lowest BCUT2D eigenvalue weighted by Gasteiger charge is -2.09. The molecule has 4 heteroatoms. The van der Waals surface area contributed by atoms with Crippen LogP contribution in [0.4, 0.5) is 0 Å². The molecule has 0 saturated heterocycles. The van der Waals surface area contributed by atoms with Gasteiger partial charge in [-0.1, -0.05) is 31.4 Å². The Hall–Kier alpha value is -2.36. The van der Waals surface area contributed by atoms with E-state index in [2.05, 4.69) is 18.9 Å². The number of nitrogens with two attached hydrogens (primary N) is 1. The topological polar surface area (TPSA) is 69.4 Å². The van der Waals surface area contributed by atoms with E-state index in [1.165, 1.54) is 0 Å². The van der Waals surface area contributed by atoms with Crippen molar-refractivity contribution in [3.63, 3.8) is 0 Å². The maximum atomic E-state index is 11.3. The van der Waals surface area contributed by atoms with Gasteiger partial charge >= 0.3 is 5.97 Å². The summed E-state index contributed by atoms with van der Waals surface area (Å²) in [6.07, 6.45) is 1.06. The molecule has 4 nitrogen and oxygen atoms in total. The standard InChI is InChI=1S/C12H14O2.C3H5NO/c1-8(2)12(13)14-11-9(3)6-5-7-10(11)4;1-2-3(4)5/h5-7H,1H2,2-4H3;2H,1H2,(H2,4,5). The number of carbonyl (C=O) groups is 2. The van der Waals surface area contributed by atoms with Crippen molar-refractivity contribution in [1.29, 1.82) is 0 Å². The van der Waals surface area contributed by atoms with Gasteiger partial charge in [0.2, 0.25) is 5.91 Å². The van der Waals surface area contributed by atoms with Crippen molar-refractivity contribution in [3.05, 3.63) is 54.1 Å². The number of hydrogen-bond acceptors (Lipinski definition) is 3. The van der Waals surface area contributed by atoms with Gasteiger partial charge in [0.1, 0.15) is 5.75 Å². The number of esters is 1. The van der Waals surface area contributed by atoms with Gasteiger partial charge in [-0.15, -0.1) is 0 Å². The van der Waals surface area contributed by atoms with E-state index < -0.39 is 5.91 Å². The molecular formula is C15H19NO3. The number of benzene rings is 1. The van der Waals surface area contributed by atoms with Crippen LogP contribution in [0, 0.1) is 13.8 Å². The molecule has 0 aliphatic heterocycles. The van der Waals surface area contributed by atoms with Crippen LogP contribution in [0.5, 0.6) is 5.75 Å². The van der Waals surface area contributed by atoms with E-state index in [4.69, 9.17) is 4.74 Å². The average molecular weight is 261 g/mol. The second-order valence-corrected chi connectivity index (χ2v) is 4.00. The molecule has 0 saturated carbocycles. The van der Waals surface area contributed by atoms with Crippen LogP contribution in [0.1, 0.15) is 18.1 Å². The normalized spacial score (nSPS) is 8.79. The highest BCUT2D eigenvalue weighted by atomic mass is 16.5. The predicted octanol–water partition coefficient (Wildman–Crippen LogP) is 2.44. The van der Waals surface area contributed by atoms with Crippen molar-refractivity contribution in [1.82, 2.24) is 0 Å². The predicted molar refractivity (Wildman–Crippen MR) is 75.8 cm³/mol. The minimum Gasteiger partial charge on any atom is -0.423 e. The fourth-order valence-corrected chi connectivity index (χ4v) is 1.14. The van der Waals surface area contributed by atoms with Crippen molar-refractivity contribution in [2.75, 3.05) is 0 Å².